The molecule has 5 heteroatoms. The molecule has 0 aliphatic heterocycles. The molecule has 61 heavy (non-hydrogen) atoms. The van der Waals surface area contributed by atoms with Crippen LogP contribution < -0.4 is 0 Å². The zero-order chi connectivity index (χ0) is 40.5. The number of hydrogen-bond acceptors (Lipinski definition) is 4. The van der Waals surface area contributed by atoms with Gasteiger partial charge in [-0.2, -0.15) is 0 Å². The monoisotopic (exact) mass is 779 g/mol. The minimum atomic E-state index is 0.700. The third kappa shape index (κ3) is 6.84. The van der Waals surface area contributed by atoms with Crippen LogP contribution in [0.25, 0.3) is 106 Å². The summed E-state index contributed by atoms with van der Waals surface area (Å²) in [4.78, 5) is 19.8. The van der Waals surface area contributed by atoms with E-state index in [4.69, 9.17) is 15.0 Å². The summed E-state index contributed by atoms with van der Waals surface area (Å²) in [7, 11) is 0. The van der Waals surface area contributed by atoms with Crippen molar-refractivity contribution < 1.29 is 0 Å². The van der Waals surface area contributed by atoms with Gasteiger partial charge in [0.15, 0.2) is 11.6 Å². The van der Waals surface area contributed by atoms with Gasteiger partial charge in [-0.25, -0.2) is 15.0 Å². The summed E-state index contributed by atoms with van der Waals surface area (Å²) in [6.45, 7) is 0. The number of nitrogens with zero attached hydrogens (tertiary/aromatic N) is 5. The fourth-order valence-electron chi connectivity index (χ4n) is 8.29. The molecule has 0 N–H and O–H groups in total. The molecule has 8 aromatic carbocycles. The molecule has 0 aliphatic rings. The summed E-state index contributed by atoms with van der Waals surface area (Å²) in [6, 6.07) is 76.3. The van der Waals surface area contributed by atoms with E-state index in [0.29, 0.717) is 5.82 Å². The fraction of sp³-hybridized carbons (Fsp3) is 0. The molecular weight excluding hydrogens is 743 g/mol. The van der Waals surface area contributed by atoms with E-state index in [2.05, 4.69) is 179 Å². The number of para-hydroxylation sites is 2. The van der Waals surface area contributed by atoms with Gasteiger partial charge in [0.25, 0.3) is 0 Å². The maximum absolute atomic E-state index is 5.10. The van der Waals surface area contributed by atoms with Crippen LogP contribution in [0.3, 0.4) is 0 Å². The van der Waals surface area contributed by atoms with Gasteiger partial charge in [0, 0.05) is 28.6 Å². The van der Waals surface area contributed by atoms with Gasteiger partial charge in [-0.15, -0.1) is 0 Å². The number of pyridine rings is 1. The summed E-state index contributed by atoms with van der Waals surface area (Å²) >= 11 is 0. The van der Waals surface area contributed by atoms with Crippen molar-refractivity contribution in [2.75, 3.05) is 0 Å². The topological polar surface area (TPSA) is 56.5 Å². The van der Waals surface area contributed by atoms with Crippen LogP contribution >= 0.6 is 0 Å². The van der Waals surface area contributed by atoms with Crippen molar-refractivity contribution >= 4 is 21.8 Å². The Morgan fingerprint density at radius 2 is 0.820 bits per heavy atom. The van der Waals surface area contributed by atoms with Gasteiger partial charge in [0.1, 0.15) is 5.69 Å². The molecule has 3 heterocycles. The lowest BCUT2D eigenvalue weighted by molar-refractivity contribution is 1.08. The van der Waals surface area contributed by atoms with E-state index in [1.54, 1.807) is 0 Å². The van der Waals surface area contributed by atoms with E-state index in [1.807, 2.05) is 54.7 Å². The summed E-state index contributed by atoms with van der Waals surface area (Å²) in [6.07, 6.45) is 1.81. The van der Waals surface area contributed by atoms with Gasteiger partial charge < -0.3 is 0 Å². The molecule has 0 spiro atoms. The summed E-state index contributed by atoms with van der Waals surface area (Å²) in [5, 5.41) is 2.40. The zero-order valence-corrected chi connectivity index (χ0v) is 33.1. The molecule has 0 atom stereocenters. The third-order valence-electron chi connectivity index (χ3n) is 11.4. The van der Waals surface area contributed by atoms with E-state index in [0.717, 1.165) is 67.4 Å². The van der Waals surface area contributed by atoms with Crippen molar-refractivity contribution in [3.05, 3.63) is 225 Å². The van der Waals surface area contributed by atoms with Crippen molar-refractivity contribution in [1.82, 2.24) is 24.5 Å². The Bertz CT molecular complexity index is 3310. The molecule has 0 aliphatic carbocycles. The minimum Gasteiger partial charge on any atom is -0.291 e. The van der Waals surface area contributed by atoms with Crippen LogP contribution in [-0.2, 0) is 0 Å². The van der Waals surface area contributed by atoms with Crippen LogP contribution in [0, 0.1) is 0 Å². The van der Waals surface area contributed by atoms with Crippen LogP contribution in [0.1, 0.15) is 0 Å². The molecule has 3 aromatic heterocycles. The molecule has 11 aromatic rings. The minimum absolute atomic E-state index is 0.700. The molecule has 0 fully saturated rings. The lowest BCUT2D eigenvalue weighted by atomic mass is 9.91. The first-order valence-electron chi connectivity index (χ1n) is 20.5. The SMILES string of the molecule is c1ccc(-c2ccc(-c3cc(-c4ccc(-c5ccc(-c6ccc(-n7c(-c8ccccn8)nc8ccccc87)cc6)c6ccccc56)cc4)nc(-c4ccccc4)n3)cc2)cc1. The predicted molar refractivity (Wildman–Crippen MR) is 250 cm³/mol. The van der Waals surface area contributed by atoms with Gasteiger partial charge in [-0.05, 0) is 86.6 Å². The quantitative estimate of drug-likeness (QED) is 0.154. The van der Waals surface area contributed by atoms with E-state index in [1.165, 1.54) is 33.0 Å². The van der Waals surface area contributed by atoms with Gasteiger partial charge in [0.2, 0.25) is 0 Å². The maximum atomic E-state index is 5.10. The largest absolute Gasteiger partial charge is 0.291 e. The number of benzene rings is 8. The van der Waals surface area contributed by atoms with Crippen LogP contribution in [-0.4, -0.2) is 24.5 Å². The van der Waals surface area contributed by atoms with Gasteiger partial charge in [-0.1, -0.05) is 176 Å². The van der Waals surface area contributed by atoms with Crippen LogP contribution in [0.5, 0.6) is 0 Å². The lowest BCUT2D eigenvalue weighted by Crippen LogP contribution is -1.98. The number of aromatic nitrogens is 5. The van der Waals surface area contributed by atoms with E-state index in [9.17, 15) is 0 Å². The van der Waals surface area contributed by atoms with Crippen LogP contribution in [0.4, 0.5) is 0 Å². The van der Waals surface area contributed by atoms with Crippen molar-refractivity contribution in [2.24, 2.45) is 0 Å². The molecule has 0 amide bonds. The Morgan fingerprint density at radius 1 is 0.328 bits per heavy atom. The highest BCUT2D eigenvalue weighted by atomic mass is 15.1. The summed E-state index contributed by atoms with van der Waals surface area (Å²) in [5.74, 6) is 1.52. The van der Waals surface area contributed by atoms with E-state index < -0.39 is 0 Å². The average Bonchev–Trinajstić information content (AvgIpc) is 3.74. The van der Waals surface area contributed by atoms with E-state index in [-0.39, 0.29) is 0 Å². The van der Waals surface area contributed by atoms with Crippen LogP contribution in [0.2, 0.25) is 0 Å². The van der Waals surface area contributed by atoms with Crippen molar-refractivity contribution in [3.8, 4) is 84.5 Å². The number of fused-ring (bicyclic) bond motifs is 2. The number of imidazole rings is 1. The Kier molecular flexibility index (Phi) is 9.10. The number of rotatable bonds is 8. The third-order valence-corrected chi connectivity index (χ3v) is 11.4. The maximum Gasteiger partial charge on any atom is 0.164 e. The zero-order valence-electron chi connectivity index (χ0n) is 33.1. The average molecular weight is 780 g/mol. The van der Waals surface area contributed by atoms with Gasteiger partial charge in [0.05, 0.1) is 22.4 Å². The van der Waals surface area contributed by atoms with Crippen molar-refractivity contribution in [1.29, 1.82) is 0 Å². The molecule has 0 bridgehead atoms. The molecule has 5 nitrogen and oxygen atoms in total. The Labute approximate surface area is 354 Å². The molecule has 0 unspecified atom stereocenters. The molecule has 0 radical (unpaired) electrons. The second-order valence-corrected chi connectivity index (χ2v) is 15.1. The first kappa shape index (κ1) is 35.8. The fourth-order valence-corrected chi connectivity index (χ4v) is 8.29. The predicted octanol–water partition coefficient (Wildman–Crippen LogP) is 14.0. The van der Waals surface area contributed by atoms with Crippen molar-refractivity contribution in [3.63, 3.8) is 0 Å². The second-order valence-electron chi connectivity index (χ2n) is 15.1. The summed E-state index contributed by atoms with van der Waals surface area (Å²) in [5.41, 5.74) is 15.7. The number of hydrogen-bond donors (Lipinski definition) is 0. The standard InChI is InChI=1S/C56H37N5/c1-3-13-38(14-4-1)39-22-26-42(27-23-39)52-37-53(59-55(58-52)44-15-5-2-6-16-44)43-28-24-40(25-29-43)46-34-35-47(49-18-8-7-17-48(46)49)41-30-32-45(33-31-41)61-54-21-10-9-19-50(54)60-56(61)51-20-11-12-36-57-51/h1-37H. The Hall–Kier alpha value is -8.28. The lowest BCUT2D eigenvalue weighted by Gasteiger charge is -2.14. The smallest absolute Gasteiger partial charge is 0.164 e. The van der Waals surface area contributed by atoms with E-state index >= 15 is 0 Å². The first-order chi connectivity index (χ1) is 30.2. The highest BCUT2D eigenvalue weighted by molar-refractivity contribution is 6.05. The van der Waals surface area contributed by atoms with Gasteiger partial charge >= 0.3 is 0 Å². The molecular formula is C56H37N5. The molecule has 11 rings (SSSR count). The first-order valence-corrected chi connectivity index (χ1v) is 20.5. The highest BCUT2D eigenvalue weighted by Gasteiger charge is 2.17. The van der Waals surface area contributed by atoms with Gasteiger partial charge in [-0.3, -0.25) is 9.55 Å². The normalized spacial score (nSPS) is 11.3. The summed E-state index contributed by atoms with van der Waals surface area (Å²) < 4.78 is 2.19. The van der Waals surface area contributed by atoms with Crippen LogP contribution in [0.15, 0.2) is 225 Å². The Morgan fingerprint density at radius 3 is 1.43 bits per heavy atom. The molecule has 0 saturated heterocycles. The van der Waals surface area contributed by atoms with Crippen molar-refractivity contribution in [2.45, 2.75) is 0 Å². The molecule has 286 valence electrons. The molecule has 0 saturated carbocycles. The second kappa shape index (κ2) is 15.5. The Balaban J connectivity index is 0.928. The highest BCUT2D eigenvalue weighted by Crippen LogP contribution is 2.38.